The molecule has 0 spiro atoms. The zero-order valence-corrected chi connectivity index (χ0v) is 10.0. The van der Waals surface area contributed by atoms with Crippen LogP contribution in [0.2, 0.25) is 0 Å². The normalized spacial score (nSPS) is 19.8. The molecule has 0 atom stereocenters. The first-order valence-corrected chi connectivity index (χ1v) is 5.44. The SMILES string of the molecule is C[n+]1ccn(C(=O)N2CCOCC2(C)C)c1. The van der Waals surface area contributed by atoms with E-state index in [1.54, 1.807) is 17.1 Å². The van der Waals surface area contributed by atoms with Crippen molar-refractivity contribution in [2.75, 3.05) is 19.8 Å². The molecule has 5 nitrogen and oxygen atoms in total. The summed E-state index contributed by atoms with van der Waals surface area (Å²) in [6, 6.07) is 0.00824. The molecule has 16 heavy (non-hydrogen) atoms. The van der Waals surface area contributed by atoms with Crippen LogP contribution in [0, 0.1) is 0 Å². The standard InChI is InChI=1S/C11H18N3O2/c1-11(2)8-16-7-6-14(11)10(15)13-5-4-12(3)9-13/h4-5,9H,6-8H2,1-3H3/q+1. The summed E-state index contributed by atoms with van der Waals surface area (Å²) in [4.78, 5) is 14.1. The number of hydrogen-bond acceptors (Lipinski definition) is 2. The number of imidazole rings is 1. The largest absolute Gasteiger partial charge is 0.416 e. The van der Waals surface area contributed by atoms with Gasteiger partial charge in [0.05, 0.1) is 25.8 Å². The molecule has 1 amide bonds. The summed E-state index contributed by atoms with van der Waals surface area (Å²) in [5.74, 6) is 0. The second-order valence-electron chi connectivity index (χ2n) is 4.79. The highest BCUT2D eigenvalue weighted by atomic mass is 16.5. The highest BCUT2D eigenvalue weighted by Gasteiger charge is 2.37. The predicted octanol–water partition coefficient (Wildman–Crippen LogP) is 0.391. The number of aromatic nitrogens is 2. The molecule has 5 heteroatoms. The summed E-state index contributed by atoms with van der Waals surface area (Å²) in [6.07, 6.45) is 5.40. The van der Waals surface area contributed by atoms with Gasteiger partial charge in [-0.15, -0.1) is 0 Å². The van der Waals surface area contributed by atoms with E-state index in [1.807, 2.05) is 36.6 Å². The van der Waals surface area contributed by atoms with E-state index in [4.69, 9.17) is 4.74 Å². The molecule has 88 valence electrons. The Labute approximate surface area is 95.2 Å². The van der Waals surface area contributed by atoms with E-state index in [0.29, 0.717) is 19.8 Å². The van der Waals surface area contributed by atoms with Crippen molar-refractivity contribution >= 4 is 6.03 Å². The summed E-state index contributed by atoms with van der Waals surface area (Å²) in [5, 5.41) is 0. The maximum absolute atomic E-state index is 12.2. The van der Waals surface area contributed by atoms with Crippen molar-refractivity contribution in [1.82, 2.24) is 9.47 Å². The van der Waals surface area contributed by atoms with E-state index >= 15 is 0 Å². The first kappa shape index (κ1) is 11.1. The first-order valence-electron chi connectivity index (χ1n) is 5.44. The Morgan fingerprint density at radius 3 is 2.81 bits per heavy atom. The van der Waals surface area contributed by atoms with Gasteiger partial charge in [-0.1, -0.05) is 0 Å². The molecule has 1 aliphatic heterocycles. The fourth-order valence-electron chi connectivity index (χ4n) is 1.92. The molecule has 2 heterocycles. The molecule has 2 rings (SSSR count). The summed E-state index contributed by atoms with van der Waals surface area (Å²) in [7, 11) is 1.90. The van der Waals surface area contributed by atoms with Crippen molar-refractivity contribution in [3.63, 3.8) is 0 Å². The Morgan fingerprint density at radius 1 is 1.50 bits per heavy atom. The van der Waals surface area contributed by atoms with Crippen LogP contribution in [-0.4, -0.2) is 40.8 Å². The van der Waals surface area contributed by atoms with Gasteiger partial charge in [0.2, 0.25) is 0 Å². The summed E-state index contributed by atoms with van der Waals surface area (Å²) >= 11 is 0. The molecule has 0 N–H and O–H groups in total. The number of carbonyl (C=O) groups is 1. The minimum atomic E-state index is -0.238. The quantitative estimate of drug-likeness (QED) is 0.598. The van der Waals surface area contributed by atoms with Gasteiger partial charge in [0.15, 0.2) is 0 Å². The van der Waals surface area contributed by atoms with Crippen LogP contribution in [0.25, 0.3) is 0 Å². The second-order valence-corrected chi connectivity index (χ2v) is 4.79. The van der Waals surface area contributed by atoms with Gasteiger partial charge in [-0.25, -0.2) is 9.36 Å². The average Bonchev–Trinajstić information content (AvgIpc) is 2.63. The number of aryl methyl sites for hydroxylation is 1. The maximum Gasteiger partial charge on any atom is 0.416 e. The molecule has 1 saturated heterocycles. The van der Waals surface area contributed by atoms with Gasteiger partial charge in [-0.2, -0.15) is 4.57 Å². The average molecular weight is 224 g/mol. The van der Waals surface area contributed by atoms with Gasteiger partial charge < -0.3 is 4.74 Å². The highest BCUT2D eigenvalue weighted by molar-refractivity contribution is 5.77. The van der Waals surface area contributed by atoms with Gasteiger partial charge in [0, 0.05) is 6.54 Å². The molecule has 0 unspecified atom stereocenters. The van der Waals surface area contributed by atoms with Crippen LogP contribution in [0.5, 0.6) is 0 Å². The molecule has 1 aromatic heterocycles. The van der Waals surface area contributed by atoms with E-state index in [0.717, 1.165) is 0 Å². The Hall–Kier alpha value is -1.36. The fourth-order valence-corrected chi connectivity index (χ4v) is 1.92. The highest BCUT2D eigenvalue weighted by Crippen LogP contribution is 2.19. The Morgan fingerprint density at radius 2 is 2.25 bits per heavy atom. The van der Waals surface area contributed by atoms with Gasteiger partial charge >= 0.3 is 6.03 Å². The van der Waals surface area contributed by atoms with Crippen LogP contribution in [-0.2, 0) is 11.8 Å². The Kier molecular flexibility index (Phi) is 2.71. The smallest absolute Gasteiger partial charge is 0.377 e. The minimum absolute atomic E-state index is 0.00824. The van der Waals surface area contributed by atoms with Crippen LogP contribution in [0.1, 0.15) is 13.8 Å². The summed E-state index contributed by atoms with van der Waals surface area (Å²) < 4.78 is 8.85. The molecule has 0 aromatic carbocycles. The van der Waals surface area contributed by atoms with E-state index in [2.05, 4.69) is 0 Å². The van der Waals surface area contributed by atoms with Gasteiger partial charge in [0.1, 0.15) is 12.4 Å². The molecule has 0 bridgehead atoms. The molecular weight excluding hydrogens is 206 g/mol. The van der Waals surface area contributed by atoms with Crippen molar-refractivity contribution in [2.45, 2.75) is 19.4 Å². The molecule has 1 aromatic rings. The van der Waals surface area contributed by atoms with E-state index in [9.17, 15) is 4.79 Å². The number of amides is 1. The zero-order chi connectivity index (χ0) is 11.8. The lowest BCUT2D eigenvalue weighted by Crippen LogP contribution is -2.56. The van der Waals surface area contributed by atoms with Crippen LogP contribution in [0.4, 0.5) is 4.79 Å². The van der Waals surface area contributed by atoms with Crippen molar-refractivity contribution in [3.05, 3.63) is 18.7 Å². The number of hydrogen-bond donors (Lipinski definition) is 0. The molecule has 1 aliphatic rings. The van der Waals surface area contributed by atoms with Crippen molar-refractivity contribution in [2.24, 2.45) is 7.05 Å². The Bertz CT molecular complexity index is 398. The molecule has 0 radical (unpaired) electrons. The van der Waals surface area contributed by atoms with Crippen molar-refractivity contribution in [3.8, 4) is 0 Å². The third kappa shape index (κ3) is 1.95. The maximum atomic E-state index is 12.2. The second kappa shape index (κ2) is 3.90. The van der Waals surface area contributed by atoms with Gasteiger partial charge in [-0.05, 0) is 13.8 Å². The van der Waals surface area contributed by atoms with Crippen LogP contribution in [0.3, 0.4) is 0 Å². The van der Waals surface area contributed by atoms with Crippen LogP contribution >= 0.6 is 0 Å². The van der Waals surface area contributed by atoms with Gasteiger partial charge in [-0.3, -0.25) is 4.90 Å². The first-order chi connectivity index (χ1) is 7.50. The monoisotopic (exact) mass is 224 g/mol. The van der Waals surface area contributed by atoms with Crippen molar-refractivity contribution < 1.29 is 14.1 Å². The number of morpholine rings is 1. The number of nitrogens with zero attached hydrogens (tertiary/aromatic N) is 3. The third-order valence-electron chi connectivity index (χ3n) is 2.87. The van der Waals surface area contributed by atoms with Crippen LogP contribution < -0.4 is 4.57 Å². The van der Waals surface area contributed by atoms with Gasteiger partial charge in [0.25, 0.3) is 6.33 Å². The van der Waals surface area contributed by atoms with E-state index in [-0.39, 0.29) is 11.6 Å². The summed E-state index contributed by atoms with van der Waals surface area (Å²) in [5.41, 5.74) is -0.238. The Balaban J connectivity index is 2.20. The number of ether oxygens (including phenoxy) is 1. The molecule has 0 saturated carbocycles. The summed E-state index contributed by atoms with van der Waals surface area (Å²) in [6.45, 7) is 5.89. The van der Waals surface area contributed by atoms with E-state index in [1.165, 1.54) is 0 Å². The fraction of sp³-hybridized carbons (Fsp3) is 0.636. The molecular formula is C11H18N3O2+. The lowest BCUT2D eigenvalue weighted by atomic mass is 10.0. The number of carbonyl (C=O) groups excluding carboxylic acids is 1. The molecule has 1 fully saturated rings. The molecule has 0 aliphatic carbocycles. The lowest BCUT2D eigenvalue weighted by Gasteiger charge is -2.40. The zero-order valence-electron chi connectivity index (χ0n) is 10.0. The lowest BCUT2D eigenvalue weighted by molar-refractivity contribution is -0.670. The number of rotatable bonds is 0. The van der Waals surface area contributed by atoms with Crippen LogP contribution in [0.15, 0.2) is 18.7 Å². The van der Waals surface area contributed by atoms with E-state index < -0.39 is 0 Å². The minimum Gasteiger partial charge on any atom is -0.377 e. The predicted molar refractivity (Wildman–Crippen MR) is 58.0 cm³/mol. The topological polar surface area (TPSA) is 38.3 Å². The van der Waals surface area contributed by atoms with Crippen molar-refractivity contribution in [1.29, 1.82) is 0 Å². The third-order valence-corrected chi connectivity index (χ3v) is 2.87.